The summed E-state index contributed by atoms with van der Waals surface area (Å²) in [5.41, 5.74) is 1.83. The first kappa shape index (κ1) is 18.0. The van der Waals surface area contributed by atoms with Gasteiger partial charge in [-0.05, 0) is 42.0 Å². The summed E-state index contributed by atoms with van der Waals surface area (Å²) in [7, 11) is 1.64. The largest absolute Gasteiger partial charge is 0.497 e. The molecule has 0 saturated carbocycles. The fraction of sp³-hybridized carbons (Fsp3) is 0.143. The molecule has 0 aliphatic heterocycles. The zero-order valence-corrected chi connectivity index (χ0v) is 15.3. The number of pyridine rings is 1. The zero-order valence-electron chi connectivity index (χ0n) is 14.5. The van der Waals surface area contributed by atoms with Crippen molar-refractivity contribution in [1.29, 1.82) is 0 Å². The average Bonchev–Trinajstić information content (AvgIpc) is 2.72. The highest BCUT2D eigenvalue weighted by Gasteiger charge is 2.17. The predicted molar refractivity (Wildman–Crippen MR) is 104 cm³/mol. The molecular weight excluding hydrogens is 344 g/mol. The summed E-state index contributed by atoms with van der Waals surface area (Å²) in [5, 5.41) is 3.10. The summed E-state index contributed by atoms with van der Waals surface area (Å²) in [6.07, 6.45) is 1.74. The Labute approximate surface area is 157 Å². The fourth-order valence-corrected chi connectivity index (χ4v) is 3.25. The molecule has 1 heterocycles. The van der Waals surface area contributed by atoms with E-state index in [0.29, 0.717) is 5.75 Å². The van der Waals surface area contributed by atoms with Gasteiger partial charge in [-0.2, -0.15) is 0 Å². The standard InChI is InChI=1S/C21H20N2O2S/c1-25-17-10-12-18(13-11-17)26-15-20(24)23-21(16-7-3-2-4-8-16)19-9-5-6-14-22-19/h2-14,21H,15H2,1H3,(H,23,24). The van der Waals surface area contributed by atoms with Gasteiger partial charge in [-0.1, -0.05) is 36.4 Å². The molecule has 0 saturated heterocycles. The molecule has 1 amide bonds. The van der Waals surface area contributed by atoms with E-state index in [0.717, 1.165) is 21.9 Å². The SMILES string of the molecule is COc1ccc(SCC(=O)NC(c2ccccc2)c2ccccn2)cc1. The van der Waals surface area contributed by atoms with Gasteiger partial charge in [-0.15, -0.1) is 11.8 Å². The Morgan fingerprint density at radius 3 is 2.42 bits per heavy atom. The molecule has 132 valence electrons. The van der Waals surface area contributed by atoms with Crippen LogP contribution in [0, 0.1) is 0 Å². The summed E-state index contributed by atoms with van der Waals surface area (Å²) in [5.74, 6) is 1.10. The minimum absolute atomic E-state index is 0.0367. The van der Waals surface area contributed by atoms with Crippen LogP contribution in [0.15, 0.2) is 83.9 Å². The van der Waals surface area contributed by atoms with E-state index < -0.39 is 0 Å². The van der Waals surface area contributed by atoms with E-state index in [-0.39, 0.29) is 11.9 Å². The molecule has 1 atom stereocenters. The van der Waals surface area contributed by atoms with Crippen LogP contribution in [0.25, 0.3) is 0 Å². The molecule has 0 fully saturated rings. The lowest BCUT2D eigenvalue weighted by atomic mass is 10.0. The van der Waals surface area contributed by atoms with Crippen molar-refractivity contribution in [2.24, 2.45) is 0 Å². The lowest BCUT2D eigenvalue weighted by Crippen LogP contribution is -2.31. The number of thioether (sulfide) groups is 1. The van der Waals surface area contributed by atoms with Gasteiger partial charge in [0.2, 0.25) is 5.91 Å². The number of methoxy groups -OCH3 is 1. The molecule has 0 aliphatic rings. The monoisotopic (exact) mass is 364 g/mol. The second kappa shape index (κ2) is 9.06. The number of carbonyl (C=O) groups is 1. The molecule has 2 aromatic carbocycles. The highest BCUT2D eigenvalue weighted by molar-refractivity contribution is 8.00. The van der Waals surface area contributed by atoms with Gasteiger partial charge in [0.15, 0.2) is 0 Å². The second-order valence-electron chi connectivity index (χ2n) is 5.63. The molecule has 0 radical (unpaired) electrons. The van der Waals surface area contributed by atoms with Crippen LogP contribution in [0.4, 0.5) is 0 Å². The van der Waals surface area contributed by atoms with Crippen LogP contribution in [0.5, 0.6) is 5.75 Å². The Kier molecular flexibility index (Phi) is 6.28. The molecule has 3 rings (SSSR count). The van der Waals surface area contributed by atoms with Gasteiger partial charge >= 0.3 is 0 Å². The number of rotatable bonds is 7. The summed E-state index contributed by atoms with van der Waals surface area (Å²) in [4.78, 5) is 17.9. The van der Waals surface area contributed by atoms with Crippen LogP contribution in [-0.2, 0) is 4.79 Å². The summed E-state index contributed by atoms with van der Waals surface area (Å²) < 4.78 is 5.15. The van der Waals surface area contributed by atoms with E-state index in [1.807, 2.05) is 72.8 Å². The van der Waals surface area contributed by atoms with Crippen LogP contribution >= 0.6 is 11.8 Å². The minimum atomic E-state index is -0.263. The van der Waals surface area contributed by atoms with Crippen molar-refractivity contribution in [2.75, 3.05) is 12.9 Å². The van der Waals surface area contributed by atoms with Crippen molar-refractivity contribution in [1.82, 2.24) is 10.3 Å². The number of aromatic nitrogens is 1. The Morgan fingerprint density at radius 2 is 1.77 bits per heavy atom. The molecule has 0 aliphatic carbocycles. The Bertz CT molecular complexity index is 784. The van der Waals surface area contributed by atoms with E-state index in [9.17, 15) is 4.79 Å². The smallest absolute Gasteiger partial charge is 0.231 e. The molecule has 1 N–H and O–H groups in total. The number of amides is 1. The number of nitrogens with zero attached hydrogens (tertiary/aromatic N) is 1. The van der Waals surface area contributed by atoms with Crippen molar-refractivity contribution in [3.05, 3.63) is 90.3 Å². The van der Waals surface area contributed by atoms with Gasteiger partial charge in [-0.25, -0.2) is 0 Å². The van der Waals surface area contributed by atoms with Crippen molar-refractivity contribution < 1.29 is 9.53 Å². The van der Waals surface area contributed by atoms with Crippen molar-refractivity contribution >= 4 is 17.7 Å². The van der Waals surface area contributed by atoms with Crippen LogP contribution in [-0.4, -0.2) is 23.8 Å². The van der Waals surface area contributed by atoms with E-state index in [1.165, 1.54) is 11.8 Å². The highest BCUT2D eigenvalue weighted by Crippen LogP contribution is 2.23. The Balaban J connectivity index is 1.67. The maximum atomic E-state index is 12.5. The van der Waals surface area contributed by atoms with Crippen molar-refractivity contribution in [3.8, 4) is 5.75 Å². The Hall–Kier alpha value is -2.79. The molecule has 0 spiro atoms. The second-order valence-corrected chi connectivity index (χ2v) is 6.68. The molecule has 1 unspecified atom stereocenters. The molecule has 5 heteroatoms. The molecule has 4 nitrogen and oxygen atoms in total. The number of benzene rings is 2. The molecule has 1 aromatic heterocycles. The normalized spacial score (nSPS) is 11.6. The summed E-state index contributed by atoms with van der Waals surface area (Å²) in [6.45, 7) is 0. The van der Waals surface area contributed by atoms with Gasteiger partial charge in [-0.3, -0.25) is 9.78 Å². The number of nitrogens with one attached hydrogen (secondary N) is 1. The lowest BCUT2D eigenvalue weighted by Gasteiger charge is -2.18. The molecule has 0 bridgehead atoms. The number of carbonyl (C=O) groups excluding carboxylic acids is 1. The first-order valence-corrected chi connectivity index (χ1v) is 9.27. The molecule has 3 aromatic rings. The van der Waals surface area contributed by atoms with Crippen molar-refractivity contribution in [3.63, 3.8) is 0 Å². The topological polar surface area (TPSA) is 51.2 Å². The van der Waals surface area contributed by atoms with Crippen LogP contribution < -0.4 is 10.1 Å². The maximum Gasteiger partial charge on any atom is 0.231 e. The fourth-order valence-electron chi connectivity index (χ4n) is 2.54. The van der Waals surface area contributed by atoms with E-state index in [2.05, 4.69) is 10.3 Å². The van der Waals surface area contributed by atoms with E-state index in [4.69, 9.17) is 4.74 Å². The van der Waals surface area contributed by atoms with Gasteiger partial charge in [0, 0.05) is 11.1 Å². The first-order valence-electron chi connectivity index (χ1n) is 8.28. The van der Waals surface area contributed by atoms with Crippen LogP contribution in [0.3, 0.4) is 0 Å². The quantitative estimate of drug-likeness (QED) is 0.642. The molecular formula is C21H20N2O2S. The third-order valence-electron chi connectivity index (χ3n) is 3.85. The average molecular weight is 364 g/mol. The Morgan fingerprint density at radius 1 is 1.04 bits per heavy atom. The predicted octanol–water partition coefficient (Wildman–Crippen LogP) is 4.09. The maximum absolute atomic E-state index is 12.5. The summed E-state index contributed by atoms with van der Waals surface area (Å²) >= 11 is 1.49. The van der Waals surface area contributed by atoms with Gasteiger partial charge < -0.3 is 10.1 Å². The minimum Gasteiger partial charge on any atom is -0.497 e. The zero-order chi connectivity index (χ0) is 18.2. The molecule has 26 heavy (non-hydrogen) atoms. The van der Waals surface area contributed by atoms with Crippen LogP contribution in [0.2, 0.25) is 0 Å². The van der Waals surface area contributed by atoms with Gasteiger partial charge in [0.1, 0.15) is 5.75 Å². The summed E-state index contributed by atoms with van der Waals surface area (Å²) in [6, 6.07) is 23.0. The van der Waals surface area contributed by atoms with E-state index >= 15 is 0 Å². The van der Waals surface area contributed by atoms with E-state index in [1.54, 1.807) is 13.3 Å². The number of ether oxygens (including phenoxy) is 1. The third-order valence-corrected chi connectivity index (χ3v) is 4.86. The van der Waals surface area contributed by atoms with Crippen molar-refractivity contribution in [2.45, 2.75) is 10.9 Å². The lowest BCUT2D eigenvalue weighted by molar-refractivity contribution is -0.119. The number of hydrogen-bond acceptors (Lipinski definition) is 4. The third kappa shape index (κ3) is 4.86. The van der Waals surface area contributed by atoms with Gasteiger partial charge in [0.05, 0.1) is 24.6 Å². The number of hydrogen-bond donors (Lipinski definition) is 1. The first-order chi connectivity index (χ1) is 12.8. The van der Waals surface area contributed by atoms with Crippen LogP contribution in [0.1, 0.15) is 17.3 Å². The highest BCUT2D eigenvalue weighted by atomic mass is 32.2. The van der Waals surface area contributed by atoms with Gasteiger partial charge in [0.25, 0.3) is 0 Å².